The van der Waals surface area contributed by atoms with Gasteiger partial charge in [-0.05, 0) is 61.5 Å². The van der Waals surface area contributed by atoms with Crippen LogP contribution in [0.1, 0.15) is 27.9 Å². The molecule has 1 aliphatic rings. The molecule has 0 bridgehead atoms. The number of hydrogen-bond donors (Lipinski definition) is 1. The summed E-state index contributed by atoms with van der Waals surface area (Å²) in [6.07, 6.45) is -3.46. The fraction of sp³-hybridized carbons (Fsp3) is 0.417. The van der Waals surface area contributed by atoms with Gasteiger partial charge in [0, 0.05) is 45.0 Å². The third-order valence-corrected chi connectivity index (χ3v) is 5.56. The van der Waals surface area contributed by atoms with Crippen molar-refractivity contribution >= 4 is 17.5 Å². The zero-order valence-electron chi connectivity index (χ0n) is 18.9. The summed E-state index contributed by atoms with van der Waals surface area (Å²) >= 11 is 0. The number of nitrogens with one attached hydrogen (secondary N) is 1. The predicted octanol–water partition coefficient (Wildman–Crippen LogP) is 3.55. The molecule has 2 aromatic rings. The highest BCUT2D eigenvalue weighted by molar-refractivity contribution is 5.96. The number of amides is 2. The number of nitrogens with zero attached hydrogens (tertiary/aromatic N) is 3. The van der Waals surface area contributed by atoms with E-state index in [1.165, 1.54) is 17.0 Å². The van der Waals surface area contributed by atoms with Crippen LogP contribution in [-0.4, -0.2) is 73.3 Å². The van der Waals surface area contributed by atoms with Gasteiger partial charge in [0.1, 0.15) is 0 Å². The predicted molar refractivity (Wildman–Crippen MR) is 121 cm³/mol. The number of carbonyl (C=O) groups excluding carboxylic acids is 2. The lowest BCUT2D eigenvalue weighted by molar-refractivity contribution is -0.137. The molecule has 3 rings (SSSR count). The van der Waals surface area contributed by atoms with Gasteiger partial charge in [0.25, 0.3) is 5.91 Å². The van der Waals surface area contributed by atoms with E-state index >= 15 is 0 Å². The van der Waals surface area contributed by atoms with Gasteiger partial charge in [-0.1, -0.05) is 12.1 Å². The first-order chi connectivity index (χ1) is 15.6. The van der Waals surface area contributed by atoms with Crippen LogP contribution in [0, 0.1) is 0 Å². The van der Waals surface area contributed by atoms with E-state index in [1.807, 2.05) is 0 Å². The van der Waals surface area contributed by atoms with Crippen molar-refractivity contribution in [1.29, 1.82) is 0 Å². The van der Waals surface area contributed by atoms with Crippen LogP contribution >= 0.6 is 0 Å². The Bertz CT molecular complexity index is 944. The second-order valence-corrected chi connectivity index (χ2v) is 8.43. The highest BCUT2D eigenvalue weighted by atomic mass is 19.4. The van der Waals surface area contributed by atoms with Crippen molar-refractivity contribution in [2.75, 3.05) is 52.1 Å². The van der Waals surface area contributed by atoms with Gasteiger partial charge >= 0.3 is 6.18 Å². The number of benzene rings is 2. The van der Waals surface area contributed by atoms with E-state index in [4.69, 9.17) is 0 Å². The van der Waals surface area contributed by atoms with Gasteiger partial charge in [-0.2, -0.15) is 13.2 Å². The molecule has 1 N–H and O–H groups in total. The minimum atomic E-state index is -4.33. The third kappa shape index (κ3) is 7.30. The molecule has 9 heteroatoms. The summed E-state index contributed by atoms with van der Waals surface area (Å²) < 4.78 is 38.2. The van der Waals surface area contributed by atoms with Gasteiger partial charge in [-0.25, -0.2) is 0 Å². The molecule has 0 atom stereocenters. The van der Waals surface area contributed by atoms with Crippen molar-refractivity contribution in [3.63, 3.8) is 0 Å². The second kappa shape index (κ2) is 10.8. The van der Waals surface area contributed by atoms with E-state index in [2.05, 4.69) is 15.1 Å². The second-order valence-electron chi connectivity index (χ2n) is 8.43. The lowest BCUT2D eigenvalue weighted by atomic mass is 10.1. The Morgan fingerprint density at radius 2 is 1.52 bits per heavy atom. The molecule has 0 aliphatic carbocycles. The molecule has 2 aromatic carbocycles. The van der Waals surface area contributed by atoms with Gasteiger partial charge in [0.2, 0.25) is 5.91 Å². The fourth-order valence-corrected chi connectivity index (χ4v) is 3.76. The average Bonchev–Trinajstić information content (AvgIpc) is 2.98. The maximum absolute atomic E-state index is 12.7. The molecule has 1 fully saturated rings. The van der Waals surface area contributed by atoms with Crippen molar-refractivity contribution in [2.45, 2.75) is 19.1 Å². The largest absolute Gasteiger partial charge is 0.416 e. The Balaban J connectivity index is 1.46. The number of carbonyl (C=O) groups is 2. The first-order valence-corrected chi connectivity index (χ1v) is 10.8. The summed E-state index contributed by atoms with van der Waals surface area (Å²) in [5.74, 6) is -0.226. The van der Waals surface area contributed by atoms with Crippen LogP contribution in [0.4, 0.5) is 18.9 Å². The maximum atomic E-state index is 12.7. The van der Waals surface area contributed by atoms with E-state index in [-0.39, 0.29) is 18.4 Å². The zero-order valence-corrected chi connectivity index (χ0v) is 18.9. The van der Waals surface area contributed by atoms with Crippen LogP contribution in [0.15, 0.2) is 48.5 Å². The molecule has 6 nitrogen and oxygen atoms in total. The fourth-order valence-electron chi connectivity index (χ4n) is 3.76. The van der Waals surface area contributed by atoms with E-state index in [0.717, 1.165) is 43.8 Å². The summed E-state index contributed by atoms with van der Waals surface area (Å²) in [6.45, 7) is 3.86. The Morgan fingerprint density at radius 3 is 2.12 bits per heavy atom. The minimum Gasteiger partial charge on any atom is -0.345 e. The van der Waals surface area contributed by atoms with E-state index in [0.29, 0.717) is 24.3 Å². The molecule has 0 radical (unpaired) electrons. The molecule has 178 valence electrons. The lowest BCUT2D eigenvalue weighted by Crippen LogP contribution is -2.36. The van der Waals surface area contributed by atoms with Crippen molar-refractivity contribution in [3.8, 4) is 0 Å². The van der Waals surface area contributed by atoms with Crippen molar-refractivity contribution in [2.24, 2.45) is 0 Å². The maximum Gasteiger partial charge on any atom is 0.416 e. The Kier molecular flexibility index (Phi) is 8.10. The number of anilines is 1. The first kappa shape index (κ1) is 24.7. The van der Waals surface area contributed by atoms with Crippen LogP contribution in [0.3, 0.4) is 0 Å². The number of rotatable bonds is 6. The van der Waals surface area contributed by atoms with Crippen LogP contribution in [0.5, 0.6) is 0 Å². The van der Waals surface area contributed by atoms with Crippen LogP contribution < -0.4 is 5.32 Å². The molecule has 33 heavy (non-hydrogen) atoms. The summed E-state index contributed by atoms with van der Waals surface area (Å²) in [7, 11) is 3.37. The van der Waals surface area contributed by atoms with Crippen molar-refractivity contribution in [3.05, 3.63) is 65.2 Å². The zero-order chi connectivity index (χ0) is 24.0. The SMILES string of the molecule is CN(C)C(=O)c1ccc(NC(=O)CN2CCCN(Cc3ccc(C(F)(F)F)cc3)CC2)cc1. The molecule has 0 aromatic heterocycles. The summed E-state index contributed by atoms with van der Waals surface area (Å²) in [5.41, 5.74) is 1.39. The van der Waals surface area contributed by atoms with Crippen molar-refractivity contribution < 1.29 is 22.8 Å². The van der Waals surface area contributed by atoms with Crippen LogP contribution in [0.2, 0.25) is 0 Å². The van der Waals surface area contributed by atoms with Gasteiger partial charge in [-0.3, -0.25) is 19.4 Å². The van der Waals surface area contributed by atoms with Gasteiger partial charge in [0.15, 0.2) is 0 Å². The Labute approximate surface area is 192 Å². The normalized spacial score (nSPS) is 15.7. The Morgan fingerprint density at radius 1 is 0.909 bits per heavy atom. The molecule has 0 saturated carbocycles. The van der Waals surface area contributed by atoms with E-state index < -0.39 is 11.7 Å². The summed E-state index contributed by atoms with van der Waals surface area (Å²) in [6, 6.07) is 12.1. The smallest absolute Gasteiger partial charge is 0.345 e. The lowest BCUT2D eigenvalue weighted by Gasteiger charge is -2.21. The molecular weight excluding hydrogens is 433 g/mol. The molecule has 1 aliphatic heterocycles. The minimum absolute atomic E-state index is 0.0988. The number of alkyl halides is 3. The van der Waals surface area contributed by atoms with E-state index in [9.17, 15) is 22.8 Å². The van der Waals surface area contributed by atoms with Crippen LogP contribution in [-0.2, 0) is 17.5 Å². The van der Waals surface area contributed by atoms with Gasteiger partial charge in [0.05, 0.1) is 12.1 Å². The highest BCUT2D eigenvalue weighted by Crippen LogP contribution is 2.29. The highest BCUT2D eigenvalue weighted by Gasteiger charge is 2.30. The Hall–Kier alpha value is -2.91. The summed E-state index contributed by atoms with van der Waals surface area (Å²) in [5, 5.41) is 2.86. The molecule has 2 amide bonds. The van der Waals surface area contributed by atoms with E-state index in [1.54, 1.807) is 38.4 Å². The summed E-state index contributed by atoms with van der Waals surface area (Å²) in [4.78, 5) is 30.2. The molecule has 0 unspecified atom stereocenters. The van der Waals surface area contributed by atoms with Gasteiger partial charge in [-0.15, -0.1) is 0 Å². The number of halogens is 3. The standard InChI is InChI=1S/C24H29F3N4O2/c1-29(2)23(33)19-6-10-21(11-7-19)28-22(32)17-31-13-3-12-30(14-15-31)16-18-4-8-20(9-5-18)24(25,26)27/h4-11H,3,12-17H2,1-2H3,(H,28,32). The molecule has 1 saturated heterocycles. The molecular formula is C24H29F3N4O2. The van der Waals surface area contributed by atoms with Crippen LogP contribution in [0.25, 0.3) is 0 Å². The molecule has 0 spiro atoms. The first-order valence-electron chi connectivity index (χ1n) is 10.8. The number of hydrogen-bond acceptors (Lipinski definition) is 4. The third-order valence-electron chi connectivity index (χ3n) is 5.56. The topological polar surface area (TPSA) is 55.9 Å². The monoisotopic (exact) mass is 462 g/mol. The quantitative estimate of drug-likeness (QED) is 0.714. The molecule has 1 heterocycles. The van der Waals surface area contributed by atoms with Gasteiger partial charge < -0.3 is 10.2 Å². The van der Waals surface area contributed by atoms with Crippen molar-refractivity contribution in [1.82, 2.24) is 14.7 Å². The average molecular weight is 463 g/mol.